The predicted octanol–water partition coefficient (Wildman–Crippen LogP) is 1.07. The number of carbonyl (C=O) groups is 1. The van der Waals surface area contributed by atoms with Gasteiger partial charge in [0.05, 0.1) is 13.2 Å². The summed E-state index contributed by atoms with van der Waals surface area (Å²) in [4.78, 5) is 19.2. The third kappa shape index (κ3) is 3.19. The van der Waals surface area contributed by atoms with E-state index >= 15 is 0 Å². The summed E-state index contributed by atoms with van der Waals surface area (Å²) in [5.74, 6) is 3.02. The van der Waals surface area contributed by atoms with Gasteiger partial charge in [-0.05, 0) is 31.6 Å². The largest absolute Gasteiger partial charge is 0.381 e. The lowest BCUT2D eigenvalue weighted by Crippen LogP contribution is -2.38. The van der Waals surface area contributed by atoms with Crippen LogP contribution in [0.2, 0.25) is 0 Å². The number of rotatable bonds is 3. The average molecular weight is 335 g/mol. The van der Waals surface area contributed by atoms with E-state index in [9.17, 15) is 4.79 Å². The number of likely N-dealkylation sites (tertiary alicyclic amines) is 1. The fraction of sp³-hybridized carbons (Fsp3) is 0.824. The van der Waals surface area contributed by atoms with Crippen LogP contribution in [-0.2, 0) is 20.7 Å². The maximum absolute atomic E-state index is 12.8. The number of nitrogens with zero attached hydrogens (tertiary/aromatic N) is 3. The standard InChI is InChI=1S/C17H25N3O4/c1-11-18-16(24-19-11)6-13-9-23-10-14-7-20(8-15(13)14)17(21)12-2-4-22-5-3-12/h12-15H,2-10H2,1H3/t13-,14-,15+/m1/s1. The molecule has 0 aromatic carbocycles. The van der Waals surface area contributed by atoms with E-state index in [0.29, 0.717) is 55.2 Å². The molecule has 0 N–H and O–H groups in total. The van der Waals surface area contributed by atoms with Gasteiger partial charge in [-0.25, -0.2) is 0 Å². The van der Waals surface area contributed by atoms with Crippen LogP contribution in [-0.4, -0.2) is 60.5 Å². The lowest BCUT2D eigenvalue weighted by atomic mass is 9.81. The molecule has 3 aliphatic heterocycles. The van der Waals surface area contributed by atoms with E-state index in [1.165, 1.54) is 0 Å². The first-order valence-electron chi connectivity index (χ1n) is 8.94. The van der Waals surface area contributed by atoms with E-state index in [0.717, 1.165) is 39.0 Å². The summed E-state index contributed by atoms with van der Waals surface area (Å²) >= 11 is 0. The summed E-state index contributed by atoms with van der Waals surface area (Å²) in [5, 5.41) is 3.87. The van der Waals surface area contributed by atoms with E-state index in [2.05, 4.69) is 15.0 Å². The molecule has 1 aromatic heterocycles. The molecule has 0 aliphatic carbocycles. The monoisotopic (exact) mass is 335 g/mol. The van der Waals surface area contributed by atoms with Gasteiger partial charge in [0.2, 0.25) is 11.8 Å². The van der Waals surface area contributed by atoms with Crippen molar-refractivity contribution in [1.29, 1.82) is 0 Å². The van der Waals surface area contributed by atoms with Crippen molar-refractivity contribution in [1.82, 2.24) is 15.0 Å². The number of fused-ring (bicyclic) bond motifs is 1. The summed E-state index contributed by atoms with van der Waals surface area (Å²) in [6, 6.07) is 0. The molecule has 0 unspecified atom stereocenters. The Balaban J connectivity index is 1.41. The van der Waals surface area contributed by atoms with Crippen LogP contribution < -0.4 is 0 Å². The molecule has 0 radical (unpaired) electrons. The van der Waals surface area contributed by atoms with E-state index in [4.69, 9.17) is 14.0 Å². The van der Waals surface area contributed by atoms with Crippen molar-refractivity contribution in [3.05, 3.63) is 11.7 Å². The van der Waals surface area contributed by atoms with E-state index in [1.807, 2.05) is 6.92 Å². The first kappa shape index (κ1) is 16.0. The molecule has 0 bridgehead atoms. The van der Waals surface area contributed by atoms with Crippen LogP contribution in [0.3, 0.4) is 0 Å². The summed E-state index contributed by atoms with van der Waals surface area (Å²) < 4.78 is 16.5. The maximum atomic E-state index is 12.8. The molecule has 3 atom stereocenters. The first-order valence-corrected chi connectivity index (χ1v) is 8.94. The third-order valence-electron chi connectivity index (χ3n) is 5.65. The van der Waals surface area contributed by atoms with Crippen LogP contribution >= 0.6 is 0 Å². The van der Waals surface area contributed by atoms with Crippen LogP contribution in [0.25, 0.3) is 0 Å². The second kappa shape index (κ2) is 6.80. The molecule has 7 heteroatoms. The number of amides is 1. The van der Waals surface area contributed by atoms with Crippen molar-refractivity contribution in [3.8, 4) is 0 Å². The number of hydrogen-bond donors (Lipinski definition) is 0. The molecule has 0 spiro atoms. The summed E-state index contributed by atoms with van der Waals surface area (Å²) in [6.07, 6.45) is 2.44. The zero-order chi connectivity index (χ0) is 16.5. The average Bonchev–Trinajstić information content (AvgIpc) is 3.22. The van der Waals surface area contributed by atoms with Crippen molar-refractivity contribution < 1.29 is 18.8 Å². The van der Waals surface area contributed by atoms with Crippen LogP contribution in [0, 0.1) is 30.6 Å². The minimum atomic E-state index is 0.136. The molecule has 7 nitrogen and oxygen atoms in total. The Morgan fingerprint density at radius 1 is 1.21 bits per heavy atom. The Bertz CT molecular complexity index is 584. The molecule has 4 rings (SSSR count). The maximum Gasteiger partial charge on any atom is 0.227 e. The second-order valence-electron chi connectivity index (χ2n) is 7.29. The number of carbonyl (C=O) groups excluding carboxylic acids is 1. The molecule has 4 heterocycles. The number of aryl methyl sites for hydroxylation is 1. The predicted molar refractivity (Wildman–Crippen MR) is 84.2 cm³/mol. The van der Waals surface area contributed by atoms with Gasteiger partial charge < -0.3 is 18.9 Å². The SMILES string of the molecule is Cc1noc(C[C@@H]2COC[C@H]3CN(C(=O)C4CCOCC4)C[C@@H]23)n1. The summed E-state index contributed by atoms with van der Waals surface area (Å²) in [5.41, 5.74) is 0. The second-order valence-corrected chi connectivity index (χ2v) is 7.29. The van der Waals surface area contributed by atoms with Gasteiger partial charge in [-0.1, -0.05) is 5.16 Å². The molecular formula is C17H25N3O4. The zero-order valence-corrected chi connectivity index (χ0v) is 14.1. The van der Waals surface area contributed by atoms with Crippen LogP contribution in [0.5, 0.6) is 0 Å². The van der Waals surface area contributed by atoms with Crippen molar-refractivity contribution in [2.24, 2.45) is 23.7 Å². The van der Waals surface area contributed by atoms with Crippen LogP contribution in [0.1, 0.15) is 24.6 Å². The van der Waals surface area contributed by atoms with Crippen LogP contribution in [0.15, 0.2) is 4.52 Å². The van der Waals surface area contributed by atoms with Crippen molar-refractivity contribution in [2.45, 2.75) is 26.2 Å². The highest BCUT2D eigenvalue weighted by Gasteiger charge is 2.44. The van der Waals surface area contributed by atoms with Crippen molar-refractivity contribution in [3.63, 3.8) is 0 Å². The molecule has 1 amide bonds. The van der Waals surface area contributed by atoms with E-state index in [1.54, 1.807) is 0 Å². The zero-order valence-electron chi connectivity index (χ0n) is 14.1. The van der Waals surface area contributed by atoms with Gasteiger partial charge in [-0.3, -0.25) is 4.79 Å². The normalized spacial score (nSPS) is 31.2. The Morgan fingerprint density at radius 2 is 2.04 bits per heavy atom. The van der Waals surface area contributed by atoms with E-state index in [-0.39, 0.29) is 5.92 Å². The topological polar surface area (TPSA) is 77.7 Å². The van der Waals surface area contributed by atoms with Gasteiger partial charge in [0.1, 0.15) is 0 Å². The number of hydrogen-bond acceptors (Lipinski definition) is 6. The molecule has 24 heavy (non-hydrogen) atoms. The molecule has 3 saturated heterocycles. The fourth-order valence-electron chi connectivity index (χ4n) is 4.34. The van der Waals surface area contributed by atoms with Gasteiger partial charge in [0.15, 0.2) is 5.82 Å². The smallest absolute Gasteiger partial charge is 0.227 e. The van der Waals surface area contributed by atoms with Crippen LogP contribution in [0.4, 0.5) is 0 Å². The Morgan fingerprint density at radius 3 is 2.79 bits per heavy atom. The highest BCUT2D eigenvalue weighted by atomic mass is 16.5. The number of aromatic nitrogens is 2. The molecule has 1 aromatic rings. The highest BCUT2D eigenvalue weighted by Crippen LogP contribution is 2.36. The lowest BCUT2D eigenvalue weighted by Gasteiger charge is -2.31. The molecule has 0 saturated carbocycles. The van der Waals surface area contributed by atoms with Crippen molar-refractivity contribution in [2.75, 3.05) is 39.5 Å². The molecule has 3 fully saturated rings. The third-order valence-corrected chi connectivity index (χ3v) is 5.65. The molecule has 3 aliphatic rings. The Labute approximate surface area is 141 Å². The lowest BCUT2D eigenvalue weighted by molar-refractivity contribution is -0.137. The number of ether oxygens (including phenoxy) is 2. The van der Waals surface area contributed by atoms with Gasteiger partial charge in [0.25, 0.3) is 0 Å². The quantitative estimate of drug-likeness (QED) is 0.822. The van der Waals surface area contributed by atoms with Gasteiger partial charge in [-0.2, -0.15) is 4.98 Å². The molecule has 132 valence electrons. The summed E-state index contributed by atoms with van der Waals surface area (Å²) in [7, 11) is 0. The van der Waals surface area contributed by atoms with E-state index < -0.39 is 0 Å². The molecular weight excluding hydrogens is 310 g/mol. The van der Waals surface area contributed by atoms with Gasteiger partial charge >= 0.3 is 0 Å². The first-order chi connectivity index (χ1) is 11.7. The van der Waals surface area contributed by atoms with Crippen molar-refractivity contribution >= 4 is 5.91 Å². The Hall–Kier alpha value is -1.47. The fourth-order valence-corrected chi connectivity index (χ4v) is 4.34. The Kier molecular flexibility index (Phi) is 4.54. The summed E-state index contributed by atoms with van der Waals surface area (Å²) in [6.45, 7) is 6.36. The van der Waals surface area contributed by atoms with Gasteiger partial charge in [-0.15, -0.1) is 0 Å². The highest BCUT2D eigenvalue weighted by molar-refractivity contribution is 5.79. The minimum absolute atomic E-state index is 0.136. The van der Waals surface area contributed by atoms with Gasteiger partial charge in [0, 0.05) is 44.6 Å². The minimum Gasteiger partial charge on any atom is -0.381 e.